The molecule has 0 heterocycles. The quantitative estimate of drug-likeness (QED) is 0.372. The second-order valence-corrected chi connectivity index (χ2v) is 5.04. The molecule has 0 aliphatic rings. The van der Waals surface area contributed by atoms with Gasteiger partial charge in [-0.25, -0.2) is 0 Å². The molecule has 13 heavy (non-hydrogen) atoms. The third-order valence-electron chi connectivity index (χ3n) is 1.58. The summed E-state index contributed by atoms with van der Waals surface area (Å²) in [6.45, 7) is 0. The molecule has 0 aliphatic heterocycles. The average molecular weight is 371 g/mol. The summed E-state index contributed by atoms with van der Waals surface area (Å²) in [4.78, 5) is 12.3. The van der Waals surface area contributed by atoms with Gasteiger partial charge in [0.25, 0.3) is 0 Å². The lowest BCUT2D eigenvalue weighted by Gasteiger charge is -2.02. The lowest BCUT2D eigenvalue weighted by atomic mass is 10.1. The molecule has 1 rings (SSSR count). The number of hydrogen-bond donors (Lipinski definition) is 1. The van der Waals surface area contributed by atoms with Crippen LogP contribution >= 0.6 is 51.1 Å². The van der Waals surface area contributed by atoms with Gasteiger partial charge in [-0.2, -0.15) is 0 Å². The molecule has 1 nitrogen and oxygen atoms in total. The standard InChI is InChI=1S/C9H8BrIOS/c10-4-3-8(12)7-2-1-6(11)5-9(7)13/h1-2,5,13H,3-4H2. The zero-order valence-electron chi connectivity index (χ0n) is 6.76. The molecule has 0 unspecified atom stereocenters. The van der Waals surface area contributed by atoms with Crippen LogP contribution in [0.4, 0.5) is 0 Å². The van der Waals surface area contributed by atoms with E-state index in [-0.39, 0.29) is 5.78 Å². The first kappa shape index (κ1) is 11.5. The summed E-state index contributed by atoms with van der Waals surface area (Å²) in [5, 5.41) is 0.699. The molecule has 0 amide bonds. The lowest BCUT2D eigenvalue weighted by Crippen LogP contribution is -2.00. The van der Waals surface area contributed by atoms with Crippen LogP contribution in [0.15, 0.2) is 23.1 Å². The van der Waals surface area contributed by atoms with Gasteiger partial charge in [-0.1, -0.05) is 15.9 Å². The Morgan fingerprint density at radius 1 is 1.54 bits per heavy atom. The molecule has 0 fully saturated rings. The fourth-order valence-corrected chi connectivity index (χ4v) is 2.40. The Hall–Kier alpha value is 0.450. The topological polar surface area (TPSA) is 17.1 Å². The van der Waals surface area contributed by atoms with E-state index in [1.807, 2.05) is 18.2 Å². The highest BCUT2D eigenvalue weighted by atomic mass is 127. The second-order valence-electron chi connectivity index (χ2n) is 2.52. The molecule has 1 aromatic carbocycles. The molecule has 0 aliphatic carbocycles. The van der Waals surface area contributed by atoms with E-state index in [1.165, 1.54) is 0 Å². The minimum absolute atomic E-state index is 0.137. The number of benzene rings is 1. The summed E-state index contributed by atoms with van der Waals surface area (Å²) >= 11 is 9.70. The third-order valence-corrected chi connectivity index (χ3v) is 3.02. The van der Waals surface area contributed by atoms with E-state index < -0.39 is 0 Å². The number of alkyl halides is 1. The van der Waals surface area contributed by atoms with E-state index in [9.17, 15) is 4.79 Å². The van der Waals surface area contributed by atoms with Gasteiger partial charge in [0.15, 0.2) is 5.78 Å². The van der Waals surface area contributed by atoms with Crippen LogP contribution in [0.2, 0.25) is 0 Å². The first-order valence-electron chi connectivity index (χ1n) is 3.73. The summed E-state index contributed by atoms with van der Waals surface area (Å²) in [6.07, 6.45) is 0.522. The first-order valence-corrected chi connectivity index (χ1v) is 6.37. The van der Waals surface area contributed by atoms with E-state index in [2.05, 4.69) is 51.1 Å². The van der Waals surface area contributed by atoms with Gasteiger partial charge in [-0.05, 0) is 40.8 Å². The van der Waals surface area contributed by atoms with Crippen molar-refractivity contribution < 1.29 is 4.79 Å². The number of hydrogen-bond acceptors (Lipinski definition) is 2. The van der Waals surface area contributed by atoms with E-state index in [0.29, 0.717) is 17.3 Å². The van der Waals surface area contributed by atoms with Crippen LogP contribution in [0.5, 0.6) is 0 Å². The Morgan fingerprint density at radius 2 is 2.23 bits per heavy atom. The van der Waals surface area contributed by atoms with Crippen molar-refractivity contribution in [3.05, 3.63) is 27.3 Å². The van der Waals surface area contributed by atoms with Gasteiger partial charge in [0, 0.05) is 25.8 Å². The highest BCUT2D eigenvalue weighted by Crippen LogP contribution is 2.19. The Kier molecular flexibility index (Phi) is 4.75. The van der Waals surface area contributed by atoms with Crippen LogP contribution < -0.4 is 0 Å². The molecule has 0 N–H and O–H groups in total. The van der Waals surface area contributed by atoms with E-state index in [4.69, 9.17) is 0 Å². The number of carbonyl (C=O) groups is 1. The summed E-state index contributed by atoms with van der Waals surface area (Å²) in [7, 11) is 0. The van der Waals surface area contributed by atoms with Crippen LogP contribution in [0.25, 0.3) is 0 Å². The summed E-state index contributed by atoms with van der Waals surface area (Å²) in [5.41, 5.74) is 0.711. The molecule has 0 bridgehead atoms. The predicted molar refractivity (Wildman–Crippen MR) is 69.2 cm³/mol. The first-order chi connectivity index (χ1) is 6.15. The third kappa shape index (κ3) is 3.25. The van der Waals surface area contributed by atoms with Crippen LogP contribution in [-0.4, -0.2) is 11.1 Å². The van der Waals surface area contributed by atoms with E-state index in [0.717, 1.165) is 8.47 Å². The largest absolute Gasteiger partial charge is 0.294 e. The van der Waals surface area contributed by atoms with Crippen LogP contribution in [0.1, 0.15) is 16.8 Å². The van der Waals surface area contributed by atoms with Crippen LogP contribution in [-0.2, 0) is 0 Å². The number of thiol groups is 1. The zero-order chi connectivity index (χ0) is 9.84. The Morgan fingerprint density at radius 3 is 2.77 bits per heavy atom. The highest BCUT2D eigenvalue weighted by Gasteiger charge is 2.08. The van der Waals surface area contributed by atoms with Crippen LogP contribution in [0.3, 0.4) is 0 Å². The minimum Gasteiger partial charge on any atom is -0.294 e. The smallest absolute Gasteiger partial charge is 0.164 e. The van der Waals surface area contributed by atoms with Crippen molar-refractivity contribution in [1.29, 1.82) is 0 Å². The van der Waals surface area contributed by atoms with E-state index >= 15 is 0 Å². The number of halogens is 2. The number of rotatable bonds is 3. The maximum atomic E-state index is 11.5. The van der Waals surface area contributed by atoms with Crippen molar-refractivity contribution in [3.63, 3.8) is 0 Å². The second kappa shape index (κ2) is 5.36. The minimum atomic E-state index is 0.137. The highest BCUT2D eigenvalue weighted by molar-refractivity contribution is 14.1. The fraction of sp³-hybridized carbons (Fsp3) is 0.222. The van der Waals surface area contributed by atoms with Crippen LogP contribution in [0, 0.1) is 3.57 Å². The van der Waals surface area contributed by atoms with Gasteiger partial charge in [0.1, 0.15) is 0 Å². The van der Waals surface area contributed by atoms with Gasteiger partial charge in [0.05, 0.1) is 0 Å². The predicted octanol–water partition coefficient (Wildman–Crippen LogP) is 3.55. The van der Waals surface area contributed by atoms with E-state index in [1.54, 1.807) is 0 Å². The van der Waals surface area contributed by atoms with Crippen molar-refractivity contribution >= 4 is 56.9 Å². The molecule has 70 valence electrons. The maximum absolute atomic E-state index is 11.5. The Labute approximate surface area is 105 Å². The zero-order valence-corrected chi connectivity index (χ0v) is 11.4. The van der Waals surface area contributed by atoms with Crippen molar-refractivity contribution in [1.82, 2.24) is 0 Å². The molecule has 0 aromatic heterocycles. The lowest BCUT2D eigenvalue weighted by molar-refractivity contribution is 0.0987. The summed E-state index contributed by atoms with van der Waals surface area (Å²) < 4.78 is 1.10. The summed E-state index contributed by atoms with van der Waals surface area (Å²) in [6, 6.07) is 5.64. The molecular formula is C9H8BrIOS. The molecule has 0 atom stereocenters. The monoisotopic (exact) mass is 370 g/mol. The number of ketones is 1. The number of Topliss-reactive ketones (excluding diaryl/α,β-unsaturated/α-hetero) is 1. The van der Waals surface area contributed by atoms with Gasteiger partial charge in [-0.3, -0.25) is 4.79 Å². The van der Waals surface area contributed by atoms with Gasteiger partial charge in [0.2, 0.25) is 0 Å². The Bertz CT molecular complexity index is 327. The van der Waals surface area contributed by atoms with Gasteiger partial charge < -0.3 is 0 Å². The molecule has 0 saturated carbocycles. The van der Waals surface area contributed by atoms with Crippen molar-refractivity contribution in [2.45, 2.75) is 11.3 Å². The molecule has 0 saturated heterocycles. The average Bonchev–Trinajstić information content (AvgIpc) is 2.04. The van der Waals surface area contributed by atoms with Crippen molar-refractivity contribution in [3.8, 4) is 0 Å². The molecule has 4 heteroatoms. The molecule has 1 aromatic rings. The number of carbonyl (C=O) groups excluding carboxylic acids is 1. The normalized spacial score (nSPS) is 10.1. The van der Waals surface area contributed by atoms with Gasteiger partial charge in [-0.15, -0.1) is 12.6 Å². The molecule has 0 radical (unpaired) electrons. The molecular weight excluding hydrogens is 363 g/mol. The van der Waals surface area contributed by atoms with Crippen molar-refractivity contribution in [2.75, 3.05) is 5.33 Å². The molecule has 0 spiro atoms. The maximum Gasteiger partial charge on any atom is 0.164 e. The Balaban J connectivity index is 2.95. The summed E-state index contributed by atoms with van der Waals surface area (Å²) in [5.74, 6) is 0.137. The van der Waals surface area contributed by atoms with Crippen molar-refractivity contribution in [2.24, 2.45) is 0 Å². The van der Waals surface area contributed by atoms with Gasteiger partial charge >= 0.3 is 0 Å². The fourth-order valence-electron chi connectivity index (χ4n) is 0.961. The SMILES string of the molecule is O=C(CCBr)c1ccc(I)cc1S.